The first-order chi connectivity index (χ1) is 8.19. The van der Waals surface area contributed by atoms with Crippen LogP contribution < -0.4 is 5.32 Å². The highest BCUT2D eigenvalue weighted by Crippen LogP contribution is 2.27. The van der Waals surface area contributed by atoms with Crippen LogP contribution in [-0.2, 0) is 4.74 Å². The van der Waals surface area contributed by atoms with Crippen molar-refractivity contribution in [3.8, 4) is 0 Å². The third kappa shape index (κ3) is 4.96. The Labute approximate surface area is 117 Å². The predicted molar refractivity (Wildman–Crippen MR) is 76.7 cm³/mol. The van der Waals surface area contributed by atoms with E-state index in [1.54, 1.807) is 7.11 Å². The Balaban J connectivity index is 2.70. The maximum atomic E-state index is 6.12. The molecule has 1 atom stereocenters. The molecule has 17 heavy (non-hydrogen) atoms. The summed E-state index contributed by atoms with van der Waals surface area (Å²) in [6.07, 6.45) is 2.10. The van der Waals surface area contributed by atoms with Crippen LogP contribution in [0.1, 0.15) is 31.4 Å². The SMILES string of the molecule is CCNC(CCCOC)c1ccc(Br)c(Cl)c1. The molecule has 1 unspecified atom stereocenters. The van der Waals surface area contributed by atoms with Crippen molar-refractivity contribution in [3.63, 3.8) is 0 Å². The van der Waals surface area contributed by atoms with Crippen LogP contribution in [-0.4, -0.2) is 20.3 Å². The van der Waals surface area contributed by atoms with Crippen LogP contribution in [0.4, 0.5) is 0 Å². The number of hydrogen-bond donors (Lipinski definition) is 1. The van der Waals surface area contributed by atoms with Gasteiger partial charge in [0.05, 0.1) is 5.02 Å². The number of rotatable bonds is 7. The van der Waals surface area contributed by atoms with Gasteiger partial charge in [0.15, 0.2) is 0 Å². The fraction of sp³-hybridized carbons (Fsp3) is 0.538. The topological polar surface area (TPSA) is 21.3 Å². The maximum Gasteiger partial charge on any atom is 0.0551 e. The molecule has 0 aliphatic carbocycles. The van der Waals surface area contributed by atoms with Crippen molar-refractivity contribution in [2.24, 2.45) is 0 Å². The minimum atomic E-state index is 0.348. The predicted octanol–water partition coefficient (Wildman–Crippen LogP) is 4.18. The molecule has 0 aromatic heterocycles. The highest BCUT2D eigenvalue weighted by Gasteiger charge is 2.11. The van der Waals surface area contributed by atoms with Gasteiger partial charge in [-0.15, -0.1) is 0 Å². The minimum Gasteiger partial charge on any atom is -0.385 e. The van der Waals surface area contributed by atoms with Crippen molar-refractivity contribution in [2.75, 3.05) is 20.3 Å². The largest absolute Gasteiger partial charge is 0.385 e. The maximum absolute atomic E-state index is 6.12. The Hall–Kier alpha value is -0.0900. The summed E-state index contributed by atoms with van der Waals surface area (Å²) in [5.74, 6) is 0. The number of methoxy groups -OCH3 is 1. The molecule has 0 bridgehead atoms. The monoisotopic (exact) mass is 319 g/mol. The molecule has 1 aromatic rings. The van der Waals surface area contributed by atoms with E-state index in [1.165, 1.54) is 5.56 Å². The van der Waals surface area contributed by atoms with Gasteiger partial charge in [-0.25, -0.2) is 0 Å². The second kappa shape index (κ2) is 8.09. The van der Waals surface area contributed by atoms with Crippen LogP contribution in [0.2, 0.25) is 5.02 Å². The molecule has 1 rings (SSSR count). The average molecular weight is 321 g/mol. The Morgan fingerprint density at radius 1 is 1.47 bits per heavy atom. The zero-order valence-electron chi connectivity index (χ0n) is 10.3. The molecule has 0 saturated heterocycles. The van der Waals surface area contributed by atoms with E-state index in [4.69, 9.17) is 16.3 Å². The van der Waals surface area contributed by atoms with Gasteiger partial charge < -0.3 is 10.1 Å². The van der Waals surface area contributed by atoms with Crippen LogP contribution in [0.15, 0.2) is 22.7 Å². The number of halogens is 2. The summed E-state index contributed by atoms with van der Waals surface area (Å²) in [5.41, 5.74) is 1.23. The van der Waals surface area contributed by atoms with Crippen LogP contribution >= 0.6 is 27.5 Å². The standard InChI is InChI=1S/C13H19BrClNO/c1-3-16-13(5-4-8-17-2)10-6-7-11(14)12(15)9-10/h6-7,9,13,16H,3-5,8H2,1-2H3. The van der Waals surface area contributed by atoms with E-state index in [1.807, 2.05) is 12.1 Å². The Bertz CT molecular complexity index is 346. The first-order valence-corrected chi connectivity index (χ1v) is 7.03. The summed E-state index contributed by atoms with van der Waals surface area (Å²) in [6, 6.07) is 6.47. The van der Waals surface area contributed by atoms with Crippen molar-refractivity contribution >= 4 is 27.5 Å². The minimum absolute atomic E-state index is 0.348. The summed E-state index contributed by atoms with van der Waals surface area (Å²) >= 11 is 9.53. The van der Waals surface area contributed by atoms with Crippen LogP contribution in [0.5, 0.6) is 0 Å². The highest BCUT2D eigenvalue weighted by molar-refractivity contribution is 9.10. The van der Waals surface area contributed by atoms with Crippen molar-refractivity contribution in [2.45, 2.75) is 25.8 Å². The Kier molecular flexibility index (Phi) is 7.12. The van der Waals surface area contributed by atoms with E-state index in [0.29, 0.717) is 6.04 Å². The molecular formula is C13H19BrClNO. The molecule has 0 amide bonds. The van der Waals surface area contributed by atoms with E-state index in [-0.39, 0.29) is 0 Å². The van der Waals surface area contributed by atoms with E-state index in [9.17, 15) is 0 Å². The van der Waals surface area contributed by atoms with Gasteiger partial charge in [0, 0.05) is 24.2 Å². The molecule has 0 heterocycles. The van der Waals surface area contributed by atoms with E-state index >= 15 is 0 Å². The quantitative estimate of drug-likeness (QED) is 0.761. The third-order valence-electron chi connectivity index (χ3n) is 2.64. The number of benzene rings is 1. The van der Waals surface area contributed by atoms with Crippen LogP contribution in [0.25, 0.3) is 0 Å². The first kappa shape index (κ1) is 15.0. The number of nitrogens with one attached hydrogen (secondary N) is 1. The lowest BCUT2D eigenvalue weighted by Gasteiger charge is -2.18. The Morgan fingerprint density at radius 2 is 2.24 bits per heavy atom. The molecule has 1 N–H and O–H groups in total. The number of hydrogen-bond acceptors (Lipinski definition) is 2. The molecule has 2 nitrogen and oxygen atoms in total. The number of ether oxygens (including phenoxy) is 1. The second-order valence-electron chi connectivity index (χ2n) is 3.92. The van der Waals surface area contributed by atoms with Crippen molar-refractivity contribution in [1.82, 2.24) is 5.32 Å². The van der Waals surface area contributed by atoms with Gasteiger partial charge in [0.25, 0.3) is 0 Å². The van der Waals surface area contributed by atoms with Crippen molar-refractivity contribution in [1.29, 1.82) is 0 Å². The van der Waals surface area contributed by atoms with Gasteiger partial charge in [-0.3, -0.25) is 0 Å². The van der Waals surface area contributed by atoms with Gasteiger partial charge in [-0.1, -0.05) is 24.6 Å². The van der Waals surface area contributed by atoms with Crippen LogP contribution in [0, 0.1) is 0 Å². The van der Waals surface area contributed by atoms with Crippen molar-refractivity contribution < 1.29 is 4.74 Å². The molecule has 0 fully saturated rings. The zero-order valence-corrected chi connectivity index (χ0v) is 12.6. The van der Waals surface area contributed by atoms with Gasteiger partial charge in [0.2, 0.25) is 0 Å². The molecule has 0 saturated carbocycles. The summed E-state index contributed by atoms with van der Waals surface area (Å²) in [5, 5.41) is 4.24. The van der Waals surface area contributed by atoms with Gasteiger partial charge in [-0.05, 0) is 53.0 Å². The summed E-state index contributed by atoms with van der Waals surface area (Å²) in [4.78, 5) is 0. The molecule has 0 spiro atoms. The third-order valence-corrected chi connectivity index (χ3v) is 3.87. The fourth-order valence-electron chi connectivity index (χ4n) is 1.79. The van der Waals surface area contributed by atoms with E-state index in [2.05, 4.69) is 34.2 Å². The molecule has 0 radical (unpaired) electrons. The van der Waals surface area contributed by atoms with Crippen LogP contribution in [0.3, 0.4) is 0 Å². The fourth-order valence-corrected chi connectivity index (χ4v) is 2.23. The molecule has 1 aromatic carbocycles. The summed E-state index contributed by atoms with van der Waals surface area (Å²) in [6.45, 7) is 3.86. The molecule has 96 valence electrons. The first-order valence-electron chi connectivity index (χ1n) is 5.86. The molecule has 0 aliphatic rings. The summed E-state index contributed by atoms with van der Waals surface area (Å²) in [7, 11) is 1.73. The van der Waals surface area contributed by atoms with Gasteiger partial charge >= 0.3 is 0 Å². The van der Waals surface area contributed by atoms with Gasteiger partial charge in [0.1, 0.15) is 0 Å². The Morgan fingerprint density at radius 3 is 2.82 bits per heavy atom. The van der Waals surface area contributed by atoms with E-state index in [0.717, 1.165) is 35.5 Å². The normalized spacial score (nSPS) is 12.7. The molecule has 4 heteroatoms. The van der Waals surface area contributed by atoms with E-state index < -0.39 is 0 Å². The van der Waals surface area contributed by atoms with Gasteiger partial charge in [-0.2, -0.15) is 0 Å². The summed E-state index contributed by atoms with van der Waals surface area (Å²) < 4.78 is 6.03. The lowest BCUT2D eigenvalue weighted by atomic mass is 10.0. The smallest absolute Gasteiger partial charge is 0.0551 e. The lowest BCUT2D eigenvalue weighted by Crippen LogP contribution is -2.21. The highest BCUT2D eigenvalue weighted by atomic mass is 79.9. The second-order valence-corrected chi connectivity index (χ2v) is 5.18. The van der Waals surface area contributed by atoms with Crippen molar-refractivity contribution in [3.05, 3.63) is 33.3 Å². The molecular weight excluding hydrogens is 302 g/mol. The zero-order chi connectivity index (χ0) is 12.7. The average Bonchev–Trinajstić information content (AvgIpc) is 2.32. The lowest BCUT2D eigenvalue weighted by molar-refractivity contribution is 0.189. The molecule has 0 aliphatic heterocycles.